The van der Waals surface area contributed by atoms with Crippen LogP contribution in [-0.2, 0) is 14.3 Å². The molecule has 104 valence electrons. The highest BCUT2D eigenvalue weighted by Gasteiger charge is 2.42. The van der Waals surface area contributed by atoms with Crippen LogP contribution in [0, 0.1) is 0 Å². The second kappa shape index (κ2) is 5.26. The van der Waals surface area contributed by atoms with Crippen LogP contribution < -0.4 is 0 Å². The van der Waals surface area contributed by atoms with E-state index in [2.05, 4.69) is 0 Å². The molecule has 0 aromatic carbocycles. The van der Waals surface area contributed by atoms with Crippen molar-refractivity contribution in [3.05, 3.63) is 0 Å². The second-order valence-electron chi connectivity index (χ2n) is 5.76. The highest BCUT2D eigenvalue weighted by Crippen LogP contribution is 2.26. The van der Waals surface area contributed by atoms with Gasteiger partial charge in [-0.15, -0.1) is 0 Å². The van der Waals surface area contributed by atoms with Crippen LogP contribution in [0.2, 0.25) is 0 Å². The van der Waals surface area contributed by atoms with Crippen molar-refractivity contribution >= 4 is 11.9 Å². The van der Waals surface area contributed by atoms with Crippen LogP contribution in [0.1, 0.15) is 40.5 Å². The zero-order valence-corrected chi connectivity index (χ0v) is 11.9. The molecule has 1 saturated heterocycles. The van der Waals surface area contributed by atoms with Crippen LogP contribution in [0.15, 0.2) is 0 Å². The van der Waals surface area contributed by atoms with Gasteiger partial charge in [-0.2, -0.15) is 0 Å². The van der Waals surface area contributed by atoms with E-state index in [1.165, 1.54) is 14.0 Å². The summed E-state index contributed by atoms with van der Waals surface area (Å²) in [6.07, 6.45) is 1.01. The molecule has 1 fully saturated rings. The minimum absolute atomic E-state index is 0.0433. The Morgan fingerprint density at radius 2 is 1.89 bits per heavy atom. The molecule has 0 aromatic rings. The number of carbonyl (C=O) groups excluding carboxylic acids is 2. The largest absolute Gasteiger partial charge is 0.444 e. The highest BCUT2D eigenvalue weighted by atomic mass is 16.6. The number of rotatable bonds is 2. The Hall–Kier alpha value is -1.10. The van der Waals surface area contributed by atoms with Gasteiger partial charge in [-0.1, -0.05) is 0 Å². The van der Waals surface area contributed by atoms with E-state index in [-0.39, 0.29) is 18.4 Å². The first-order chi connectivity index (χ1) is 8.20. The summed E-state index contributed by atoms with van der Waals surface area (Å²) in [5, 5.41) is 0. The summed E-state index contributed by atoms with van der Waals surface area (Å²) in [7, 11) is 1.51. The Balaban J connectivity index is 2.75. The molecular weight excluding hydrogens is 234 g/mol. The van der Waals surface area contributed by atoms with E-state index >= 15 is 0 Å². The van der Waals surface area contributed by atoms with Gasteiger partial charge in [0, 0.05) is 13.7 Å². The summed E-state index contributed by atoms with van der Waals surface area (Å²) in [6.45, 7) is 7.85. The molecule has 5 nitrogen and oxygen atoms in total. The van der Waals surface area contributed by atoms with Crippen molar-refractivity contribution in [1.82, 2.24) is 4.90 Å². The molecule has 0 saturated carbocycles. The lowest BCUT2D eigenvalue weighted by molar-refractivity contribution is -0.145. The van der Waals surface area contributed by atoms with Crippen LogP contribution in [0.4, 0.5) is 4.79 Å². The molecular formula is C13H23NO4. The quantitative estimate of drug-likeness (QED) is 0.759. The van der Waals surface area contributed by atoms with E-state index in [1.54, 1.807) is 4.90 Å². The molecule has 1 unspecified atom stereocenters. The minimum Gasteiger partial charge on any atom is -0.444 e. The number of methoxy groups -OCH3 is 1. The van der Waals surface area contributed by atoms with Crippen molar-refractivity contribution in [3.8, 4) is 0 Å². The van der Waals surface area contributed by atoms with Gasteiger partial charge >= 0.3 is 6.09 Å². The fraction of sp³-hybridized carbons (Fsp3) is 0.846. The predicted octanol–water partition coefficient (Wildman–Crippen LogP) is 1.99. The number of ether oxygens (including phenoxy) is 2. The molecule has 5 heteroatoms. The first kappa shape index (κ1) is 15.0. The van der Waals surface area contributed by atoms with Gasteiger partial charge in [0.1, 0.15) is 11.2 Å². The number of piperidine rings is 1. The van der Waals surface area contributed by atoms with Gasteiger partial charge in [-0.3, -0.25) is 4.79 Å². The summed E-state index contributed by atoms with van der Waals surface area (Å²) < 4.78 is 10.7. The number of carbonyl (C=O) groups is 2. The maximum atomic E-state index is 12.0. The van der Waals surface area contributed by atoms with Gasteiger partial charge in [0.2, 0.25) is 0 Å². The number of amides is 1. The third kappa shape index (κ3) is 3.45. The maximum Gasteiger partial charge on any atom is 0.410 e. The molecule has 0 aliphatic carbocycles. The molecule has 0 radical (unpaired) electrons. The van der Waals surface area contributed by atoms with E-state index in [4.69, 9.17) is 9.47 Å². The second-order valence-corrected chi connectivity index (χ2v) is 5.76. The average Bonchev–Trinajstić information content (AvgIpc) is 2.26. The molecule has 1 rings (SSSR count). The van der Waals surface area contributed by atoms with E-state index in [0.717, 1.165) is 6.42 Å². The number of likely N-dealkylation sites (tertiary alicyclic amines) is 1. The normalized spacial score (nSPS) is 24.8. The standard InChI is InChI=1S/C13H23NO4/c1-10(15)13(17-5)7-6-8-14(9-13)11(16)18-12(2,3)4/h6-9H2,1-5H3. The molecule has 1 aliphatic heterocycles. The molecule has 0 N–H and O–H groups in total. The lowest BCUT2D eigenvalue weighted by Gasteiger charge is -2.40. The third-order valence-corrected chi connectivity index (χ3v) is 3.14. The smallest absolute Gasteiger partial charge is 0.410 e. The topological polar surface area (TPSA) is 55.8 Å². The van der Waals surface area contributed by atoms with Gasteiger partial charge in [-0.25, -0.2) is 4.79 Å². The Morgan fingerprint density at radius 3 is 2.33 bits per heavy atom. The van der Waals surface area contributed by atoms with Gasteiger partial charge in [0.15, 0.2) is 5.78 Å². The SMILES string of the molecule is COC1(C(C)=O)CCCN(C(=O)OC(C)(C)C)C1. The Labute approximate surface area is 108 Å². The fourth-order valence-corrected chi connectivity index (χ4v) is 2.10. The maximum absolute atomic E-state index is 12.0. The van der Waals surface area contributed by atoms with Crippen molar-refractivity contribution in [3.63, 3.8) is 0 Å². The molecule has 0 spiro atoms. The molecule has 1 heterocycles. The number of hydrogen-bond donors (Lipinski definition) is 0. The van der Waals surface area contributed by atoms with Crippen LogP contribution >= 0.6 is 0 Å². The van der Waals surface area contributed by atoms with E-state index in [1.807, 2.05) is 20.8 Å². The molecule has 1 amide bonds. The van der Waals surface area contributed by atoms with Crippen molar-refractivity contribution in [1.29, 1.82) is 0 Å². The number of hydrogen-bond acceptors (Lipinski definition) is 4. The summed E-state index contributed by atoms with van der Waals surface area (Å²) in [6, 6.07) is 0. The van der Waals surface area contributed by atoms with Crippen molar-refractivity contribution in [2.75, 3.05) is 20.2 Å². The van der Waals surface area contributed by atoms with Gasteiger partial charge < -0.3 is 14.4 Å². The summed E-state index contributed by atoms with van der Waals surface area (Å²) in [4.78, 5) is 25.2. The van der Waals surface area contributed by atoms with Crippen molar-refractivity contribution in [2.45, 2.75) is 51.7 Å². The zero-order valence-electron chi connectivity index (χ0n) is 11.9. The lowest BCUT2D eigenvalue weighted by atomic mass is 9.89. The van der Waals surface area contributed by atoms with Crippen LogP contribution in [0.25, 0.3) is 0 Å². The monoisotopic (exact) mass is 257 g/mol. The van der Waals surface area contributed by atoms with Crippen LogP contribution in [0.5, 0.6) is 0 Å². The summed E-state index contributed by atoms with van der Waals surface area (Å²) in [5.41, 5.74) is -1.39. The van der Waals surface area contributed by atoms with Gasteiger partial charge in [0.25, 0.3) is 0 Å². The van der Waals surface area contributed by atoms with Crippen LogP contribution in [0.3, 0.4) is 0 Å². The first-order valence-corrected chi connectivity index (χ1v) is 6.24. The number of ketones is 1. The summed E-state index contributed by atoms with van der Waals surface area (Å²) >= 11 is 0. The summed E-state index contributed by atoms with van der Waals surface area (Å²) in [5.74, 6) is -0.0433. The van der Waals surface area contributed by atoms with Crippen molar-refractivity contribution < 1.29 is 19.1 Å². The molecule has 1 atom stereocenters. The molecule has 0 aromatic heterocycles. The lowest BCUT2D eigenvalue weighted by Crippen LogP contribution is -2.55. The number of Topliss-reactive ketones (excluding diaryl/α,β-unsaturated/α-hetero) is 1. The van der Waals surface area contributed by atoms with E-state index in [9.17, 15) is 9.59 Å². The first-order valence-electron chi connectivity index (χ1n) is 6.24. The minimum atomic E-state index is -0.866. The predicted molar refractivity (Wildman–Crippen MR) is 67.5 cm³/mol. The highest BCUT2D eigenvalue weighted by molar-refractivity contribution is 5.86. The Bertz CT molecular complexity index is 334. The molecule has 1 aliphatic rings. The molecule has 18 heavy (non-hydrogen) atoms. The number of nitrogens with zero attached hydrogens (tertiary/aromatic N) is 1. The van der Waals surface area contributed by atoms with E-state index < -0.39 is 11.2 Å². The fourth-order valence-electron chi connectivity index (χ4n) is 2.10. The molecule has 0 bridgehead atoms. The van der Waals surface area contributed by atoms with Crippen molar-refractivity contribution in [2.24, 2.45) is 0 Å². The third-order valence-electron chi connectivity index (χ3n) is 3.14. The van der Waals surface area contributed by atoms with E-state index in [0.29, 0.717) is 13.0 Å². The Kier molecular flexibility index (Phi) is 4.37. The van der Waals surface area contributed by atoms with Gasteiger partial charge in [-0.05, 0) is 40.5 Å². The van der Waals surface area contributed by atoms with Crippen LogP contribution in [-0.4, -0.2) is 48.2 Å². The zero-order chi connectivity index (χ0) is 14.0. The average molecular weight is 257 g/mol. The Morgan fingerprint density at radius 1 is 1.28 bits per heavy atom. The van der Waals surface area contributed by atoms with Gasteiger partial charge in [0.05, 0.1) is 6.54 Å².